The van der Waals surface area contributed by atoms with Crippen molar-refractivity contribution in [2.75, 3.05) is 4.90 Å². The first-order chi connectivity index (χ1) is 11.1. The minimum atomic E-state index is -0.943. The smallest absolute Gasteiger partial charge is 0.240 e. The van der Waals surface area contributed by atoms with E-state index in [0.29, 0.717) is 31.7 Å². The molecule has 1 saturated heterocycles. The predicted molar refractivity (Wildman–Crippen MR) is 83.0 cm³/mol. The number of carbonyl (C=O) groups is 2. The maximum atomic E-state index is 13.5. The van der Waals surface area contributed by atoms with E-state index in [0.717, 1.165) is 17.0 Å². The zero-order valence-corrected chi connectivity index (χ0v) is 13.4. The van der Waals surface area contributed by atoms with Crippen LogP contribution in [0.3, 0.4) is 0 Å². The number of hydrogen-bond donors (Lipinski definition) is 2. The topological polar surface area (TPSA) is 83.6 Å². The second-order valence-corrected chi connectivity index (χ2v) is 7.20. The molecule has 1 aliphatic heterocycles. The molecule has 1 aromatic carbocycles. The van der Waals surface area contributed by atoms with Gasteiger partial charge in [0, 0.05) is 6.07 Å². The van der Waals surface area contributed by atoms with Gasteiger partial charge in [-0.3, -0.25) is 14.5 Å². The number of nitrogens with zero attached hydrogens (tertiary/aromatic N) is 1. The van der Waals surface area contributed by atoms with Gasteiger partial charge in [0.25, 0.3) is 0 Å². The summed E-state index contributed by atoms with van der Waals surface area (Å²) in [6.07, 6.45) is 1.88. The largest absolute Gasteiger partial charge is 0.390 e. The number of hydrogen-bond acceptors (Lipinski definition) is 3. The van der Waals surface area contributed by atoms with Gasteiger partial charge < -0.3 is 10.8 Å². The van der Waals surface area contributed by atoms with Crippen LogP contribution in [-0.2, 0) is 9.59 Å². The highest BCUT2D eigenvalue weighted by Gasteiger charge is 2.56. The van der Waals surface area contributed by atoms with E-state index in [4.69, 9.17) is 5.73 Å². The first-order valence-electron chi connectivity index (χ1n) is 7.95. The summed E-state index contributed by atoms with van der Waals surface area (Å²) in [6, 6.07) is 1.81. The lowest BCUT2D eigenvalue weighted by atomic mass is 9.67. The summed E-state index contributed by atoms with van der Waals surface area (Å²) in [6.45, 7) is 1.71. The van der Waals surface area contributed by atoms with Gasteiger partial charge in [0.05, 0.1) is 16.7 Å². The molecule has 1 aliphatic carbocycles. The highest BCUT2D eigenvalue weighted by atomic mass is 19.1. The fraction of sp³-hybridized carbons (Fsp3) is 0.529. The molecule has 1 atom stereocenters. The van der Waals surface area contributed by atoms with E-state index >= 15 is 0 Å². The molecule has 130 valence electrons. The van der Waals surface area contributed by atoms with Crippen molar-refractivity contribution < 1.29 is 23.5 Å². The zero-order valence-electron chi connectivity index (χ0n) is 13.4. The molecule has 0 aromatic heterocycles. The monoisotopic (exact) mass is 338 g/mol. The van der Waals surface area contributed by atoms with Gasteiger partial charge in [-0.1, -0.05) is 0 Å². The van der Waals surface area contributed by atoms with E-state index in [2.05, 4.69) is 0 Å². The number of carbonyl (C=O) groups excluding carboxylic acids is 2. The first-order valence-corrected chi connectivity index (χ1v) is 7.95. The van der Waals surface area contributed by atoms with Crippen molar-refractivity contribution in [1.29, 1.82) is 0 Å². The van der Waals surface area contributed by atoms with Crippen molar-refractivity contribution in [1.82, 2.24) is 0 Å². The Morgan fingerprint density at radius 3 is 2.25 bits per heavy atom. The van der Waals surface area contributed by atoms with E-state index in [-0.39, 0.29) is 18.0 Å². The predicted octanol–water partition coefficient (Wildman–Crippen LogP) is 1.87. The maximum Gasteiger partial charge on any atom is 0.240 e. The molecule has 0 radical (unpaired) electrons. The second kappa shape index (κ2) is 5.51. The fourth-order valence-corrected chi connectivity index (χ4v) is 3.83. The third-order valence-electron chi connectivity index (χ3n) is 5.31. The van der Waals surface area contributed by atoms with Gasteiger partial charge in [0.1, 0.15) is 17.7 Å². The summed E-state index contributed by atoms with van der Waals surface area (Å²) < 4.78 is 27.1. The molecule has 1 heterocycles. The van der Waals surface area contributed by atoms with Gasteiger partial charge >= 0.3 is 0 Å². The molecule has 5 nitrogen and oxygen atoms in total. The summed E-state index contributed by atoms with van der Waals surface area (Å²) in [4.78, 5) is 26.0. The summed E-state index contributed by atoms with van der Waals surface area (Å²) in [5.41, 5.74) is 3.78. The highest BCUT2D eigenvalue weighted by Crippen LogP contribution is 2.50. The summed E-state index contributed by atoms with van der Waals surface area (Å²) in [5.74, 6) is -2.71. The zero-order chi connectivity index (χ0) is 17.7. The van der Waals surface area contributed by atoms with E-state index < -0.39 is 34.6 Å². The van der Waals surface area contributed by atoms with Crippen LogP contribution in [0, 0.1) is 17.0 Å². The van der Waals surface area contributed by atoms with Crippen LogP contribution in [0.15, 0.2) is 18.2 Å². The quantitative estimate of drug-likeness (QED) is 0.863. The van der Waals surface area contributed by atoms with Gasteiger partial charge in [0.2, 0.25) is 11.8 Å². The maximum absolute atomic E-state index is 13.5. The number of benzene rings is 1. The van der Waals surface area contributed by atoms with Gasteiger partial charge in [0.15, 0.2) is 0 Å². The Morgan fingerprint density at radius 1 is 1.21 bits per heavy atom. The van der Waals surface area contributed by atoms with Gasteiger partial charge in [-0.25, -0.2) is 8.78 Å². The molecule has 1 spiro atoms. The van der Waals surface area contributed by atoms with Crippen molar-refractivity contribution in [3.8, 4) is 0 Å². The molecule has 2 aliphatic rings. The van der Waals surface area contributed by atoms with Crippen molar-refractivity contribution >= 4 is 17.5 Å². The fourth-order valence-electron chi connectivity index (χ4n) is 3.83. The third kappa shape index (κ3) is 2.77. The molecule has 1 aromatic rings. The molecule has 2 amide bonds. The normalized spacial score (nSPS) is 33.2. The number of amides is 2. The molecule has 3 rings (SSSR count). The average molecular weight is 338 g/mol. The summed E-state index contributed by atoms with van der Waals surface area (Å²) in [5, 5.41) is 10.1. The Morgan fingerprint density at radius 2 is 1.75 bits per heavy atom. The van der Waals surface area contributed by atoms with Crippen LogP contribution >= 0.6 is 0 Å². The Balaban J connectivity index is 1.99. The van der Waals surface area contributed by atoms with Crippen molar-refractivity contribution in [3.63, 3.8) is 0 Å². The van der Waals surface area contributed by atoms with Crippen LogP contribution in [0.25, 0.3) is 0 Å². The minimum Gasteiger partial charge on any atom is -0.390 e. The van der Waals surface area contributed by atoms with Gasteiger partial charge in [-0.05, 0) is 51.2 Å². The van der Waals surface area contributed by atoms with Crippen LogP contribution in [-0.4, -0.2) is 28.6 Å². The van der Waals surface area contributed by atoms with Crippen LogP contribution in [0.5, 0.6) is 0 Å². The average Bonchev–Trinajstić information content (AvgIpc) is 2.75. The molecule has 1 unspecified atom stereocenters. The Labute approximate surface area is 138 Å². The highest BCUT2D eigenvalue weighted by molar-refractivity contribution is 6.06. The molecule has 2 fully saturated rings. The van der Waals surface area contributed by atoms with E-state index in [1.54, 1.807) is 6.92 Å². The van der Waals surface area contributed by atoms with E-state index in [1.165, 1.54) is 0 Å². The number of halogens is 2. The third-order valence-corrected chi connectivity index (χ3v) is 5.31. The summed E-state index contributed by atoms with van der Waals surface area (Å²) >= 11 is 0. The number of rotatable bonds is 2. The number of aliphatic hydroxyl groups is 1. The lowest BCUT2D eigenvalue weighted by Crippen LogP contribution is -2.44. The SMILES string of the molecule is CC1(O)CCC2(CC1)CC(C(N)=O)N(c1cc(F)cc(F)c1)C2=O. The van der Waals surface area contributed by atoms with Crippen LogP contribution in [0.1, 0.15) is 39.0 Å². The molecule has 1 saturated carbocycles. The van der Waals surface area contributed by atoms with Crippen molar-refractivity contribution in [2.45, 2.75) is 50.7 Å². The second-order valence-electron chi connectivity index (χ2n) is 7.20. The lowest BCUT2D eigenvalue weighted by molar-refractivity contribution is -0.130. The van der Waals surface area contributed by atoms with E-state index in [1.807, 2.05) is 0 Å². The molecular weight excluding hydrogens is 318 g/mol. The van der Waals surface area contributed by atoms with Gasteiger partial charge in [-0.15, -0.1) is 0 Å². The Kier molecular flexibility index (Phi) is 3.86. The Bertz CT molecular complexity index is 675. The van der Waals surface area contributed by atoms with Crippen LogP contribution < -0.4 is 10.6 Å². The minimum absolute atomic E-state index is 0.00416. The molecule has 0 bridgehead atoms. The van der Waals surface area contributed by atoms with Crippen molar-refractivity contribution in [2.24, 2.45) is 11.1 Å². The standard InChI is InChI=1S/C17H20F2N2O3/c1-16(24)2-4-17(5-3-16)9-13(14(20)22)21(15(17)23)12-7-10(18)6-11(19)8-12/h6-8,13,24H,2-5,9H2,1H3,(H2,20,22). The lowest BCUT2D eigenvalue weighted by Gasteiger charge is -2.38. The first kappa shape index (κ1) is 16.8. The van der Waals surface area contributed by atoms with Gasteiger partial charge in [-0.2, -0.15) is 0 Å². The molecule has 3 N–H and O–H groups in total. The number of anilines is 1. The van der Waals surface area contributed by atoms with Crippen molar-refractivity contribution in [3.05, 3.63) is 29.8 Å². The Hall–Kier alpha value is -2.02. The van der Waals surface area contributed by atoms with E-state index in [9.17, 15) is 23.5 Å². The molecule has 24 heavy (non-hydrogen) atoms. The summed E-state index contributed by atoms with van der Waals surface area (Å²) in [7, 11) is 0. The molecule has 7 heteroatoms. The number of nitrogens with two attached hydrogens (primary N) is 1. The number of primary amides is 1. The van der Waals surface area contributed by atoms with Crippen LogP contribution in [0.4, 0.5) is 14.5 Å². The van der Waals surface area contributed by atoms with Crippen LogP contribution in [0.2, 0.25) is 0 Å². The molecular formula is C17H20F2N2O3.